The van der Waals surface area contributed by atoms with E-state index in [1.807, 2.05) is 11.0 Å². The Labute approximate surface area is 164 Å². The first-order chi connectivity index (χ1) is 13.6. The van der Waals surface area contributed by atoms with Gasteiger partial charge in [-0.15, -0.1) is 0 Å². The molecule has 2 amide bonds. The molecule has 7 nitrogen and oxygen atoms in total. The number of aromatic nitrogens is 1. The summed E-state index contributed by atoms with van der Waals surface area (Å²) in [5, 5.41) is 7.36. The summed E-state index contributed by atoms with van der Waals surface area (Å²) in [7, 11) is 0. The van der Waals surface area contributed by atoms with Crippen molar-refractivity contribution in [2.45, 2.75) is 50.0 Å². The third-order valence-corrected chi connectivity index (χ3v) is 7.70. The highest BCUT2D eigenvalue weighted by Crippen LogP contribution is 2.45. The number of nitrogens with zero attached hydrogens (tertiary/aromatic N) is 3. The second-order valence-electron chi connectivity index (χ2n) is 9.70. The minimum Gasteiger partial charge on any atom is -0.360 e. The molecule has 0 bridgehead atoms. The van der Waals surface area contributed by atoms with Crippen LogP contribution >= 0.6 is 0 Å². The number of rotatable bonds is 4. The Balaban J connectivity index is 1.12. The van der Waals surface area contributed by atoms with Crippen molar-refractivity contribution in [1.82, 2.24) is 20.3 Å². The first-order valence-corrected chi connectivity index (χ1v) is 10.9. The molecule has 1 N–H and O–H groups in total. The summed E-state index contributed by atoms with van der Waals surface area (Å²) in [6.45, 7) is 4.46. The molecular formula is C21H28N4O3. The molecule has 5 aliphatic rings. The third-order valence-electron chi connectivity index (χ3n) is 7.70. The Bertz CT molecular complexity index is 804. The molecule has 28 heavy (non-hydrogen) atoms. The molecule has 4 heterocycles. The number of carbonyl (C=O) groups excluding carboxylic acids is 2. The zero-order chi connectivity index (χ0) is 18.9. The summed E-state index contributed by atoms with van der Waals surface area (Å²) in [5.41, 5.74) is 0.308. The van der Waals surface area contributed by atoms with Gasteiger partial charge >= 0.3 is 0 Å². The van der Waals surface area contributed by atoms with E-state index in [0.29, 0.717) is 30.6 Å². The van der Waals surface area contributed by atoms with Gasteiger partial charge in [0.15, 0.2) is 5.69 Å². The van der Waals surface area contributed by atoms with Gasteiger partial charge in [-0.25, -0.2) is 0 Å². The average molecular weight is 384 g/mol. The molecule has 1 aromatic heterocycles. The van der Waals surface area contributed by atoms with Gasteiger partial charge < -0.3 is 19.6 Å². The van der Waals surface area contributed by atoms with Crippen LogP contribution in [0.25, 0.3) is 0 Å². The Morgan fingerprint density at radius 1 is 1.21 bits per heavy atom. The Kier molecular flexibility index (Phi) is 3.68. The highest BCUT2D eigenvalue weighted by atomic mass is 16.5. The molecule has 7 heteroatoms. The Morgan fingerprint density at radius 2 is 2.00 bits per heavy atom. The molecule has 5 fully saturated rings. The fraction of sp³-hybridized carbons (Fsp3) is 0.762. The van der Waals surface area contributed by atoms with Crippen LogP contribution in [0, 0.1) is 17.8 Å². The predicted molar refractivity (Wildman–Crippen MR) is 101 cm³/mol. The molecule has 6 rings (SSSR count). The SMILES string of the molecule is O=C1NC2(CCN(C(=O)c3cc(C4CC4)on3)CC2)[C@H]2CN(CC3CC3)C[C@@H]12. The van der Waals surface area contributed by atoms with E-state index in [2.05, 4.69) is 15.4 Å². The lowest BCUT2D eigenvalue weighted by molar-refractivity contribution is -0.123. The summed E-state index contributed by atoms with van der Waals surface area (Å²) in [6, 6.07) is 1.82. The lowest BCUT2D eigenvalue weighted by atomic mass is 9.75. The van der Waals surface area contributed by atoms with Gasteiger partial charge in [0, 0.05) is 56.2 Å². The monoisotopic (exact) mass is 384 g/mol. The number of likely N-dealkylation sites (tertiary alicyclic amines) is 2. The van der Waals surface area contributed by atoms with E-state index in [4.69, 9.17) is 4.52 Å². The van der Waals surface area contributed by atoms with E-state index in [9.17, 15) is 9.59 Å². The standard InChI is InChI=1S/C21H28N4O3/c26-19-15-11-24(10-13-1-2-13)12-16(15)21(22-19)5-7-25(8-6-21)20(27)17-9-18(28-23-17)14-3-4-14/h9,13-16H,1-8,10-12H2,(H,22,26)/t15-,16+/m1/s1. The van der Waals surface area contributed by atoms with Crippen LogP contribution in [0.1, 0.15) is 60.7 Å². The summed E-state index contributed by atoms with van der Waals surface area (Å²) in [4.78, 5) is 29.9. The third kappa shape index (κ3) is 2.78. The van der Waals surface area contributed by atoms with Gasteiger partial charge in [-0.3, -0.25) is 9.59 Å². The molecule has 1 spiro atoms. The second-order valence-corrected chi connectivity index (χ2v) is 9.70. The number of fused-ring (bicyclic) bond motifs is 2. The number of nitrogens with one attached hydrogen (secondary N) is 1. The summed E-state index contributed by atoms with van der Waals surface area (Å²) < 4.78 is 5.35. The molecular weight excluding hydrogens is 356 g/mol. The van der Waals surface area contributed by atoms with Crippen molar-refractivity contribution in [3.63, 3.8) is 0 Å². The van der Waals surface area contributed by atoms with Gasteiger partial charge in [0.05, 0.1) is 5.92 Å². The van der Waals surface area contributed by atoms with Gasteiger partial charge in [0.2, 0.25) is 5.91 Å². The van der Waals surface area contributed by atoms with Crippen molar-refractivity contribution < 1.29 is 14.1 Å². The van der Waals surface area contributed by atoms with Gasteiger partial charge in [-0.2, -0.15) is 0 Å². The number of piperidine rings is 1. The van der Waals surface area contributed by atoms with Crippen LogP contribution < -0.4 is 5.32 Å². The molecule has 0 unspecified atom stereocenters. The normalized spacial score (nSPS) is 32.0. The smallest absolute Gasteiger partial charge is 0.276 e. The molecule has 2 atom stereocenters. The average Bonchev–Trinajstić information content (AvgIpc) is 3.59. The molecule has 2 saturated carbocycles. The predicted octanol–water partition coefficient (Wildman–Crippen LogP) is 1.61. The van der Waals surface area contributed by atoms with Gasteiger partial charge in [-0.05, 0) is 44.4 Å². The van der Waals surface area contributed by atoms with Crippen molar-refractivity contribution >= 4 is 11.8 Å². The summed E-state index contributed by atoms with van der Waals surface area (Å²) >= 11 is 0. The maximum atomic E-state index is 12.8. The first kappa shape index (κ1) is 17.0. The van der Waals surface area contributed by atoms with E-state index >= 15 is 0 Å². The number of carbonyl (C=O) groups is 2. The van der Waals surface area contributed by atoms with Gasteiger partial charge in [0.25, 0.3) is 5.91 Å². The number of hydrogen-bond donors (Lipinski definition) is 1. The minimum atomic E-state index is -0.125. The van der Waals surface area contributed by atoms with Gasteiger partial charge in [0.1, 0.15) is 5.76 Å². The quantitative estimate of drug-likeness (QED) is 0.853. The van der Waals surface area contributed by atoms with Crippen LogP contribution in [0.5, 0.6) is 0 Å². The van der Waals surface area contributed by atoms with E-state index in [-0.39, 0.29) is 23.3 Å². The second kappa shape index (κ2) is 6.05. The summed E-state index contributed by atoms with van der Waals surface area (Å²) in [6.07, 6.45) is 6.66. The van der Waals surface area contributed by atoms with Crippen LogP contribution in [0.3, 0.4) is 0 Å². The zero-order valence-electron chi connectivity index (χ0n) is 16.2. The first-order valence-electron chi connectivity index (χ1n) is 10.9. The van der Waals surface area contributed by atoms with Crippen molar-refractivity contribution in [2.24, 2.45) is 17.8 Å². The largest absolute Gasteiger partial charge is 0.360 e. The molecule has 3 saturated heterocycles. The zero-order valence-corrected chi connectivity index (χ0v) is 16.2. The van der Waals surface area contributed by atoms with E-state index in [1.165, 1.54) is 12.8 Å². The van der Waals surface area contributed by atoms with E-state index < -0.39 is 0 Å². The molecule has 150 valence electrons. The molecule has 0 radical (unpaired) electrons. The maximum absolute atomic E-state index is 12.8. The van der Waals surface area contributed by atoms with Crippen molar-refractivity contribution in [2.75, 3.05) is 32.7 Å². The fourth-order valence-corrected chi connectivity index (χ4v) is 5.67. The van der Waals surface area contributed by atoms with Gasteiger partial charge in [-0.1, -0.05) is 5.16 Å². The maximum Gasteiger partial charge on any atom is 0.276 e. The highest BCUT2D eigenvalue weighted by Gasteiger charge is 2.57. The topological polar surface area (TPSA) is 78.7 Å². The van der Waals surface area contributed by atoms with Crippen molar-refractivity contribution in [1.29, 1.82) is 0 Å². The van der Waals surface area contributed by atoms with Crippen LogP contribution in [0.2, 0.25) is 0 Å². The van der Waals surface area contributed by atoms with E-state index in [0.717, 1.165) is 57.0 Å². The number of amides is 2. The van der Waals surface area contributed by atoms with Crippen molar-refractivity contribution in [3.05, 3.63) is 17.5 Å². The Hall–Kier alpha value is -1.89. The minimum absolute atomic E-state index is 0.0341. The molecule has 1 aromatic rings. The highest BCUT2D eigenvalue weighted by molar-refractivity contribution is 5.92. The van der Waals surface area contributed by atoms with Crippen LogP contribution in [-0.2, 0) is 4.79 Å². The number of hydrogen-bond acceptors (Lipinski definition) is 5. The van der Waals surface area contributed by atoms with Crippen LogP contribution in [-0.4, -0.2) is 65.0 Å². The molecule has 3 aliphatic heterocycles. The lowest BCUT2D eigenvalue weighted by Gasteiger charge is -2.42. The molecule has 0 aromatic carbocycles. The van der Waals surface area contributed by atoms with Crippen LogP contribution in [0.4, 0.5) is 0 Å². The molecule has 2 aliphatic carbocycles. The Morgan fingerprint density at radius 3 is 2.71 bits per heavy atom. The van der Waals surface area contributed by atoms with Crippen LogP contribution in [0.15, 0.2) is 10.6 Å². The fourth-order valence-electron chi connectivity index (χ4n) is 5.67. The van der Waals surface area contributed by atoms with Crippen molar-refractivity contribution in [3.8, 4) is 0 Å². The summed E-state index contributed by atoms with van der Waals surface area (Å²) in [5.74, 6) is 2.90. The van der Waals surface area contributed by atoms with E-state index in [1.54, 1.807) is 0 Å². The lowest BCUT2D eigenvalue weighted by Crippen LogP contribution is -2.56.